The van der Waals surface area contributed by atoms with Crippen LogP contribution in [-0.2, 0) is 37.9 Å². The van der Waals surface area contributed by atoms with E-state index < -0.39 is 27.4 Å². The van der Waals surface area contributed by atoms with Crippen LogP contribution in [0.15, 0.2) is 0 Å². The van der Waals surface area contributed by atoms with E-state index in [0.29, 0.717) is 13.2 Å². The van der Waals surface area contributed by atoms with E-state index in [1.165, 1.54) is 0 Å². The van der Waals surface area contributed by atoms with Crippen LogP contribution in [-0.4, -0.2) is 151 Å². The SMILES string of the molecule is [CH2-]COCC1(CO)COCC(C)(C)COCC(CO)(COC[CH2-])OCC(C)(CO)COCC(C)(C)COCC(C)(CO)CO1.[Rf].[Rf].[Rf].[Rf]. The van der Waals surface area contributed by atoms with Crippen molar-refractivity contribution < 1.29 is 58.3 Å². The Kier molecular flexibility index (Phi) is 23.3. The Balaban J connectivity index is -0.00000242. The molecule has 1 saturated heterocycles. The third-order valence-corrected chi connectivity index (χ3v) is 7.41. The molecule has 0 saturated carbocycles. The first-order chi connectivity index (χ1) is 20.6. The van der Waals surface area contributed by atoms with Gasteiger partial charge in [0.1, 0.15) is 11.2 Å². The van der Waals surface area contributed by atoms with Crippen LogP contribution in [0.25, 0.3) is 0 Å². The van der Waals surface area contributed by atoms with Gasteiger partial charge in [0.15, 0.2) is 0 Å². The van der Waals surface area contributed by atoms with Crippen molar-refractivity contribution in [3.63, 3.8) is 0 Å². The van der Waals surface area contributed by atoms with Gasteiger partial charge in [-0.25, -0.2) is 0 Å². The molecule has 0 aliphatic carbocycles. The molecule has 0 aromatic heterocycles. The summed E-state index contributed by atoms with van der Waals surface area (Å²) in [5.74, 6) is 0. The topological polar surface area (TPSA) is 155 Å². The van der Waals surface area contributed by atoms with E-state index in [1.807, 2.05) is 41.5 Å². The predicted octanol–water partition coefficient (Wildman–Crippen LogP) is 1.31. The van der Waals surface area contributed by atoms with Crippen molar-refractivity contribution >= 4 is 0 Å². The summed E-state index contributed by atoms with van der Waals surface area (Å²) in [4.78, 5) is 0. The van der Waals surface area contributed by atoms with Crippen molar-refractivity contribution in [1.82, 2.24) is 0 Å². The maximum atomic E-state index is 10.4. The maximum Gasteiger partial charge on any atom is 0.137 e. The summed E-state index contributed by atoms with van der Waals surface area (Å²) >= 11 is 0. The molecule has 1 aliphatic heterocycles. The molecular weight excluding hydrogens is 1640 g/mol. The predicted molar refractivity (Wildman–Crippen MR) is 165 cm³/mol. The number of aliphatic hydroxyl groups is 4. The molecule has 0 amide bonds. The molecule has 1 aliphatic rings. The third-order valence-electron chi connectivity index (χ3n) is 7.41. The van der Waals surface area contributed by atoms with Crippen LogP contribution < -0.4 is 0 Å². The molecule has 48 heavy (non-hydrogen) atoms. The first-order valence-electron chi connectivity index (χ1n) is 15.4. The van der Waals surface area contributed by atoms with E-state index in [4.69, 9.17) is 37.9 Å². The van der Waals surface area contributed by atoms with Crippen molar-refractivity contribution in [3.8, 4) is 0 Å². The van der Waals surface area contributed by atoms with Crippen LogP contribution in [0.3, 0.4) is 0 Å². The van der Waals surface area contributed by atoms with Gasteiger partial charge >= 0.3 is 0 Å². The average molecular weight is 1710 g/mol. The van der Waals surface area contributed by atoms with E-state index in [2.05, 4.69) is 13.8 Å². The first kappa shape index (κ1) is 50.4. The molecule has 1 rings (SSSR count). The molecule has 1 heterocycles. The van der Waals surface area contributed by atoms with Crippen molar-refractivity contribution in [2.75, 3.05) is 119 Å². The number of hydrogen-bond donors (Lipinski definition) is 4. The van der Waals surface area contributed by atoms with Crippen molar-refractivity contribution in [2.45, 2.75) is 52.7 Å². The Labute approximate surface area is 265 Å². The second-order valence-corrected chi connectivity index (χ2v) is 14.6. The van der Waals surface area contributed by atoms with Gasteiger partial charge in [0.2, 0.25) is 0 Å². The van der Waals surface area contributed by atoms with Gasteiger partial charge in [-0.1, -0.05) is 54.8 Å². The van der Waals surface area contributed by atoms with Gasteiger partial charge in [-0.05, 0) is 0 Å². The molecule has 0 bridgehead atoms. The van der Waals surface area contributed by atoms with E-state index in [-0.39, 0.29) is 111 Å². The van der Waals surface area contributed by atoms with Crippen LogP contribution >= 0.6 is 0 Å². The van der Waals surface area contributed by atoms with Gasteiger partial charge in [-0.2, -0.15) is 0 Å². The molecule has 4 atom stereocenters. The molecular formula is C32H62O12Rf4-2. The normalized spacial score (nSPS) is 31.2. The summed E-state index contributed by atoms with van der Waals surface area (Å²) in [6.45, 7) is 20.3. The molecule has 4 unspecified atom stereocenters. The van der Waals surface area contributed by atoms with Crippen molar-refractivity contribution in [1.29, 1.82) is 0 Å². The molecule has 4 N–H and O–H groups in total. The third kappa shape index (κ3) is 16.9. The fourth-order valence-electron chi connectivity index (χ4n) is 4.22. The van der Waals surface area contributed by atoms with Crippen molar-refractivity contribution in [3.05, 3.63) is 13.8 Å². The van der Waals surface area contributed by atoms with Gasteiger partial charge in [-0.15, -0.1) is 0 Å². The van der Waals surface area contributed by atoms with E-state index in [0.717, 1.165) is 0 Å². The zero-order chi connectivity index (χ0) is 33.4. The molecule has 0 aromatic rings. The summed E-state index contributed by atoms with van der Waals surface area (Å²) in [6, 6.07) is 0. The summed E-state index contributed by atoms with van der Waals surface area (Å²) in [6.07, 6.45) is 0. The number of ether oxygens (including phenoxy) is 8. The van der Waals surface area contributed by atoms with Crippen molar-refractivity contribution in [2.24, 2.45) is 21.7 Å². The molecule has 272 valence electrons. The maximum absolute atomic E-state index is 10.4. The van der Waals surface area contributed by atoms with E-state index in [9.17, 15) is 20.4 Å². The fourth-order valence-corrected chi connectivity index (χ4v) is 4.22. The summed E-state index contributed by atoms with van der Waals surface area (Å²) in [5, 5.41) is 41.2. The molecule has 12 nitrogen and oxygen atoms in total. The minimum absolute atomic E-state index is 0. The van der Waals surface area contributed by atoms with Crippen LogP contribution in [0, 0.1) is 35.5 Å². The summed E-state index contributed by atoms with van der Waals surface area (Å²) in [5.41, 5.74) is -4.72. The zero-order valence-electron chi connectivity index (χ0n) is 31.0. The Hall–Kier alpha value is -4.48. The van der Waals surface area contributed by atoms with Gasteiger partial charge in [-0.3, -0.25) is 0 Å². The molecule has 0 aromatic carbocycles. The molecule has 1 fully saturated rings. The van der Waals surface area contributed by atoms with Gasteiger partial charge in [0.05, 0.1) is 106 Å². The van der Waals surface area contributed by atoms with E-state index >= 15 is 0 Å². The van der Waals surface area contributed by atoms with Crippen LogP contribution in [0.1, 0.15) is 41.5 Å². The molecule has 0 radical (unpaired) electrons. The van der Waals surface area contributed by atoms with Gasteiger partial charge in [0.25, 0.3) is 0 Å². The quantitative estimate of drug-likeness (QED) is 0.234. The first-order valence-corrected chi connectivity index (χ1v) is 15.4. The van der Waals surface area contributed by atoms with Crippen LogP contribution in [0.4, 0.5) is 0 Å². The Morgan fingerprint density at radius 1 is 0.458 bits per heavy atom. The number of rotatable bonds is 10. The zero-order valence-corrected chi connectivity index (χ0v) is 56.6. The fraction of sp³-hybridized carbons (Fsp3) is 0.938. The largest absolute Gasteiger partial charge is 0.410 e. The Bertz CT molecular complexity index is 729. The van der Waals surface area contributed by atoms with Crippen LogP contribution in [0.5, 0.6) is 0 Å². The minimum atomic E-state index is -1.18. The van der Waals surface area contributed by atoms with Gasteiger partial charge in [0, 0.05) is 21.7 Å². The Morgan fingerprint density at radius 2 is 0.750 bits per heavy atom. The molecule has 16 heteroatoms. The minimum Gasteiger partial charge on any atom is -0.410 e. The number of hydrogen-bond acceptors (Lipinski definition) is 12. The van der Waals surface area contributed by atoms with Crippen LogP contribution in [0.2, 0.25) is 0 Å². The number of aliphatic hydroxyl groups excluding tert-OH is 4. The van der Waals surface area contributed by atoms with Gasteiger partial charge < -0.3 is 72.2 Å². The van der Waals surface area contributed by atoms with E-state index in [1.54, 1.807) is 0 Å². The summed E-state index contributed by atoms with van der Waals surface area (Å²) in [7, 11) is 0. The summed E-state index contributed by atoms with van der Waals surface area (Å²) < 4.78 is 47.8. The molecule has 0 spiro atoms. The Morgan fingerprint density at radius 3 is 1.00 bits per heavy atom. The second kappa shape index (κ2) is 22.2. The average Bonchev–Trinajstić information content (AvgIpc) is 2.99. The standard InChI is InChI=1S/C32H62O12.4Rf/c1-9-37-23-31(13-35)25-41-17-28(5,6)18-42-26-32(14-36,24-38-10-2)44-22-30(8,12-34)20-40-16-27(3,4)15-39-19-29(7,11-33)21-43-31;;;;/h33-36H,1-2,9-26H2,3-8H3;;;;/q-2;;;;. The smallest absolute Gasteiger partial charge is 0.137 e. The second-order valence-electron chi connectivity index (χ2n) is 14.6. The monoisotopic (exact) mass is 1710 g/mol.